The number of hydrogen-bond acceptors (Lipinski definition) is 7. The largest absolute Gasteiger partial charge is 0.396 e. The van der Waals surface area contributed by atoms with Gasteiger partial charge in [0.25, 0.3) is 5.56 Å². The van der Waals surface area contributed by atoms with Gasteiger partial charge in [-0.25, -0.2) is 9.97 Å². The number of nitrogens with one attached hydrogen (secondary N) is 1. The molecule has 0 aliphatic carbocycles. The molecule has 3 rings (SSSR count). The molecule has 154 valence electrons. The van der Waals surface area contributed by atoms with Crippen LogP contribution in [0.25, 0.3) is 22.2 Å². The first-order valence-electron chi connectivity index (χ1n) is 9.55. The van der Waals surface area contributed by atoms with Crippen molar-refractivity contribution in [2.75, 3.05) is 11.9 Å². The Hall–Kier alpha value is -2.84. The summed E-state index contributed by atoms with van der Waals surface area (Å²) in [6.07, 6.45) is 3.12. The van der Waals surface area contributed by atoms with Gasteiger partial charge in [-0.1, -0.05) is 6.92 Å². The van der Waals surface area contributed by atoms with Crippen LogP contribution in [0.1, 0.15) is 33.4 Å². The molecule has 0 bridgehead atoms. The Morgan fingerprint density at radius 2 is 1.97 bits per heavy atom. The summed E-state index contributed by atoms with van der Waals surface area (Å²) in [5, 5.41) is 23.2. The minimum atomic E-state index is -1.04. The number of rotatable bonds is 6. The topological polar surface area (TPSA) is 113 Å². The molecule has 0 aromatic carbocycles. The molecule has 8 heteroatoms. The summed E-state index contributed by atoms with van der Waals surface area (Å²) in [6, 6.07) is 5.23. The van der Waals surface area contributed by atoms with Crippen LogP contribution in [0.3, 0.4) is 0 Å². The van der Waals surface area contributed by atoms with E-state index in [1.54, 1.807) is 39.2 Å². The van der Waals surface area contributed by atoms with Gasteiger partial charge < -0.3 is 20.1 Å². The molecule has 0 spiro atoms. The molecule has 0 saturated carbocycles. The van der Waals surface area contributed by atoms with Gasteiger partial charge >= 0.3 is 0 Å². The highest BCUT2D eigenvalue weighted by molar-refractivity contribution is 5.91. The molecule has 0 fully saturated rings. The molecule has 0 aliphatic rings. The van der Waals surface area contributed by atoms with Crippen LogP contribution in [-0.4, -0.2) is 42.4 Å². The number of anilines is 1. The standard InChI is InChI=1S/C21H27N5O3/c1-12(10-27)13(2)24-19-18-16(23-11-26(5)20(18)28)8-15(25-19)14-6-7-17(22-9-14)21(3,4)29/h6-9,11-13,27,29H,10H2,1-5H3,(H,24,25)/t12?,13-/m1/s1. The molecule has 3 aromatic rings. The number of aromatic nitrogens is 4. The Morgan fingerprint density at radius 3 is 2.55 bits per heavy atom. The van der Waals surface area contributed by atoms with E-state index in [2.05, 4.69) is 20.3 Å². The minimum Gasteiger partial charge on any atom is -0.396 e. The van der Waals surface area contributed by atoms with Crippen LogP contribution in [0.4, 0.5) is 5.82 Å². The Bertz CT molecular complexity index is 1070. The van der Waals surface area contributed by atoms with E-state index in [9.17, 15) is 15.0 Å². The lowest BCUT2D eigenvalue weighted by atomic mass is 10.0. The monoisotopic (exact) mass is 397 g/mol. The van der Waals surface area contributed by atoms with E-state index in [0.717, 1.165) is 5.56 Å². The van der Waals surface area contributed by atoms with Crippen LogP contribution >= 0.6 is 0 Å². The Kier molecular flexibility index (Phi) is 5.68. The highest BCUT2D eigenvalue weighted by Crippen LogP contribution is 2.27. The third kappa shape index (κ3) is 4.28. The van der Waals surface area contributed by atoms with Crippen molar-refractivity contribution in [1.29, 1.82) is 0 Å². The van der Waals surface area contributed by atoms with Gasteiger partial charge in [0.05, 0.1) is 23.2 Å². The van der Waals surface area contributed by atoms with Crippen molar-refractivity contribution in [3.05, 3.63) is 46.8 Å². The Labute approximate surface area is 169 Å². The predicted molar refractivity (Wildman–Crippen MR) is 113 cm³/mol. The fraction of sp³-hybridized carbons (Fsp3) is 0.429. The molecular weight excluding hydrogens is 370 g/mol. The first kappa shape index (κ1) is 20.9. The average molecular weight is 397 g/mol. The third-order valence-corrected chi connectivity index (χ3v) is 5.09. The van der Waals surface area contributed by atoms with E-state index in [4.69, 9.17) is 0 Å². The molecule has 29 heavy (non-hydrogen) atoms. The lowest BCUT2D eigenvalue weighted by Gasteiger charge is -2.21. The summed E-state index contributed by atoms with van der Waals surface area (Å²) in [6.45, 7) is 7.22. The number of aliphatic hydroxyl groups is 2. The van der Waals surface area contributed by atoms with E-state index < -0.39 is 5.60 Å². The van der Waals surface area contributed by atoms with Gasteiger partial charge in [-0.15, -0.1) is 0 Å². The SMILES string of the molecule is CC(CO)[C@@H](C)Nc1nc(-c2ccc(C(C)(C)O)nc2)cc2ncn(C)c(=O)c12. The highest BCUT2D eigenvalue weighted by atomic mass is 16.3. The molecule has 0 amide bonds. The van der Waals surface area contributed by atoms with Crippen molar-refractivity contribution in [3.63, 3.8) is 0 Å². The van der Waals surface area contributed by atoms with E-state index in [1.165, 1.54) is 10.9 Å². The quantitative estimate of drug-likeness (QED) is 0.583. The molecular formula is C21H27N5O3. The molecule has 3 aromatic heterocycles. The van der Waals surface area contributed by atoms with E-state index >= 15 is 0 Å². The van der Waals surface area contributed by atoms with Crippen LogP contribution in [0.15, 0.2) is 35.5 Å². The van der Waals surface area contributed by atoms with Crippen molar-refractivity contribution < 1.29 is 10.2 Å². The smallest absolute Gasteiger partial charge is 0.264 e. The molecule has 0 aliphatic heterocycles. The molecule has 2 atom stereocenters. The zero-order valence-electron chi connectivity index (χ0n) is 17.3. The lowest BCUT2D eigenvalue weighted by molar-refractivity contribution is 0.0739. The van der Waals surface area contributed by atoms with E-state index in [0.29, 0.717) is 28.1 Å². The summed E-state index contributed by atoms with van der Waals surface area (Å²) in [4.78, 5) is 26.1. The molecule has 1 unspecified atom stereocenters. The molecule has 8 nitrogen and oxygen atoms in total. The number of aliphatic hydroxyl groups excluding tert-OH is 1. The first-order valence-corrected chi connectivity index (χ1v) is 9.55. The molecule has 3 heterocycles. The zero-order valence-corrected chi connectivity index (χ0v) is 17.3. The van der Waals surface area contributed by atoms with Gasteiger partial charge in [0.15, 0.2) is 0 Å². The summed E-state index contributed by atoms with van der Waals surface area (Å²) in [5.41, 5.74) is 1.20. The lowest BCUT2D eigenvalue weighted by Crippen LogP contribution is -2.28. The molecule has 3 N–H and O–H groups in total. The summed E-state index contributed by atoms with van der Waals surface area (Å²) < 4.78 is 1.41. The van der Waals surface area contributed by atoms with E-state index in [1.807, 2.05) is 19.9 Å². The highest BCUT2D eigenvalue weighted by Gasteiger charge is 2.20. The Balaban J connectivity index is 2.14. The van der Waals surface area contributed by atoms with Gasteiger partial charge in [0.1, 0.15) is 16.8 Å². The second kappa shape index (κ2) is 7.88. The van der Waals surface area contributed by atoms with Gasteiger partial charge in [-0.3, -0.25) is 9.78 Å². The fourth-order valence-electron chi connectivity index (χ4n) is 2.90. The maximum atomic E-state index is 12.7. The van der Waals surface area contributed by atoms with Crippen LogP contribution in [-0.2, 0) is 12.6 Å². The van der Waals surface area contributed by atoms with Crippen molar-refractivity contribution in [2.45, 2.75) is 39.3 Å². The number of pyridine rings is 2. The molecule has 0 radical (unpaired) electrons. The van der Waals surface area contributed by atoms with E-state index in [-0.39, 0.29) is 24.1 Å². The van der Waals surface area contributed by atoms with Gasteiger partial charge in [0, 0.05) is 31.5 Å². The number of hydrogen-bond donors (Lipinski definition) is 3. The zero-order chi connectivity index (χ0) is 21.3. The van der Waals surface area contributed by atoms with Gasteiger partial charge in [0.2, 0.25) is 0 Å². The maximum Gasteiger partial charge on any atom is 0.264 e. The minimum absolute atomic E-state index is 0.0182. The summed E-state index contributed by atoms with van der Waals surface area (Å²) in [5.74, 6) is 0.398. The van der Waals surface area contributed by atoms with Crippen molar-refractivity contribution in [1.82, 2.24) is 19.5 Å². The van der Waals surface area contributed by atoms with Gasteiger partial charge in [-0.05, 0) is 44.9 Å². The maximum absolute atomic E-state index is 12.7. The van der Waals surface area contributed by atoms with Crippen molar-refractivity contribution in [2.24, 2.45) is 13.0 Å². The average Bonchev–Trinajstić information content (AvgIpc) is 2.69. The summed E-state index contributed by atoms with van der Waals surface area (Å²) in [7, 11) is 1.64. The Morgan fingerprint density at radius 1 is 1.24 bits per heavy atom. The molecule has 0 saturated heterocycles. The third-order valence-electron chi connectivity index (χ3n) is 5.09. The van der Waals surface area contributed by atoms with Crippen LogP contribution in [0, 0.1) is 5.92 Å². The number of aryl methyl sites for hydroxylation is 1. The first-order chi connectivity index (χ1) is 13.6. The van der Waals surface area contributed by atoms with Gasteiger partial charge in [-0.2, -0.15) is 0 Å². The van der Waals surface area contributed by atoms with Crippen LogP contribution in [0.5, 0.6) is 0 Å². The van der Waals surface area contributed by atoms with Crippen LogP contribution in [0.2, 0.25) is 0 Å². The fourth-order valence-corrected chi connectivity index (χ4v) is 2.90. The predicted octanol–water partition coefficient (Wildman–Crippen LogP) is 2.05. The number of fused-ring (bicyclic) bond motifs is 1. The van der Waals surface area contributed by atoms with Crippen LogP contribution < -0.4 is 10.9 Å². The number of nitrogens with zero attached hydrogens (tertiary/aromatic N) is 4. The van der Waals surface area contributed by atoms with Crippen molar-refractivity contribution >= 4 is 16.7 Å². The van der Waals surface area contributed by atoms with Crippen molar-refractivity contribution in [3.8, 4) is 11.3 Å². The normalized spacial score (nSPS) is 14.0. The second-order valence-corrected chi connectivity index (χ2v) is 7.99. The summed E-state index contributed by atoms with van der Waals surface area (Å²) >= 11 is 0. The second-order valence-electron chi connectivity index (χ2n) is 7.99.